The standard InChI is InChI=1S/C2H5NO.C2H6.B/c1-2(3)4;1-2;/h1H3,(H2,3,4);1-2H3;. The minimum absolute atomic E-state index is 0. The van der Waals surface area contributed by atoms with Gasteiger partial charge in [-0.1, -0.05) is 13.8 Å². The Bertz CT molecular complexity index is 34.7. The summed E-state index contributed by atoms with van der Waals surface area (Å²) in [4.78, 5) is 9.22. The summed E-state index contributed by atoms with van der Waals surface area (Å²) in [6, 6.07) is 0. The van der Waals surface area contributed by atoms with E-state index in [9.17, 15) is 4.79 Å². The predicted molar refractivity (Wildman–Crippen MR) is 32.0 cm³/mol. The smallest absolute Gasteiger partial charge is 0.214 e. The van der Waals surface area contributed by atoms with Crippen LogP contribution in [0.25, 0.3) is 0 Å². The van der Waals surface area contributed by atoms with Gasteiger partial charge < -0.3 is 5.73 Å². The molecule has 0 aromatic carbocycles. The SMILES string of the molecule is CC.CC(N)=O.[B]. The van der Waals surface area contributed by atoms with Crippen molar-refractivity contribution in [2.45, 2.75) is 20.8 Å². The first-order chi connectivity index (χ1) is 2.73. The summed E-state index contributed by atoms with van der Waals surface area (Å²) < 4.78 is 0. The van der Waals surface area contributed by atoms with Crippen LogP contribution in [0.2, 0.25) is 0 Å². The van der Waals surface area contributed by atoms with E-state index >= 15 is 0 Å². The Kier molecular flexibility index (Phi) is 40.5. The van der Waals surface area contributed by atoms with Crippen molar-refractivity contribution in [1.82, 2.24) is 0 Å². The molecule has 0 aliphatic rings. The Labute approximate surface area is 46.7 Å². The van der Waals surface area contributed by atoms with Gasteiger partial charge in [-0.15, -0.1) is 0 Å². The van der Waals surface area contributed by atoms with E-state index in [0.717, 1.165) is 0 Å². The predicted octanol–water partition coefficient (Wildman–Crippen LogP) is 0.137. The molecule has 0 aliphatic heterocycles. The first-order valence-electron chi connectivity index (χ1n) is 1.99. The van der Waals surface area contributed by atoms with Gasteiger partial charge in [0.25, 0.3) is 0 Å². The fraction of sp³-hybridized carbons (Fsp3) is 0.750. The molecule has 0 atom stereocenters. The van der Waals surface area contributed by atoms with Crippen LogP contribution in [0.3, 0.4) is 0 Å². The molecule has 0 aromatic rings. The minimum atomic E-state index is -0.333. The van der Waals surface area contributed by atoms with E-state index in [4.69, 9.17) is 0 Å². The molecule has 1 amide bonds. The Balaban J connectivity index is -0.0000000480. The third-order valence-electron chi connectivity index (χ3n) is 0. The highest BCUT2D eigenvalue weighted by Crippen LogP contribution is 1.33. The summed E-state index contributed by atoms with van der Waals surface area (Å²) in [6.07, 6.45) is 0. The molecule has 0 saturated heterocycles. The van der Waals surface area contributed by atoms with Crippen LogP contribution >= 0.6 is 0 Å². The Morgan fingerprint density at radius 2 is 1.43 bits per heavy atom. The average Bonchev–Trinajstić information content (AvgIpc) is 1.41. The van der Waals surface area contributed by atoms with Crippen LogP contribution in [-0.4, -0.2) is 14.3 Å². The highest BCUT2D eigenvalue weighted by molar-refractivity contribution is 5.75. The van der Waals surface area contributed by atoms with E-state index in [1.54, 1.807) is 0 Å². The summed E-state index contributed by atoms with van der Waals surface area (Å²) in [5.41, 5.74) is 4.47. The van der Waals surface area contributed by atoms with Gasteiger partial charge in [0.05, 0.1) is 0 Å². The number of primary amides is 1. The first kappa shape index (κ1) is 16.0. The maximum Gasteiger partial charge on any atom is 0.214 e. The summed E-state index contributed by atoms with van der Waals surface area (Å²) >= 11 is 0. The number of carbonyl (C=O) groups is 1. The highest BCUT2D eigenvalue weighted by atomic mass is 16.1. The summed E-state index contributed by atoms with van der Waals surface area (Å²) in [7, 11) is 0. The van der Waals surface area contributed by atoms with E-state index < -0.39 is 0 Å². The second kappa shape index (κ2) is 17.7. The molecule has 2 N–H and O–H groups in total. The van der Waals surface area contributed by atoms with Crippen molar-refractivity contribution in [3.63, 3.8) is 0 Å². The maximum atomic E-state index is 9.22. The topological polar surface area (TPSA) is 43.1 Å². The van der Waals surface area contributed by atoms with Crippen LogP contribution in [0.5, 0.6) is 0 Å². The molecule has 2 nitrogen and oxygen atoms in total. The monoisotopic (exact) mass is 100 g/mol. The van der Waals surface area contributed by atoms with Gasteiger partial charge in [-0.3, -0.25) is 4.79 Å². The normalized spacial score (nSPS) is 4.43. The van der Waals surface area contributed by atoms with Crippen molar-refractivity contribution < 1.29 is 4.79 Å². The third kappa shape index (κ3) is 320. The van der Waals surface area contributed by atoms with Crippen LogP contribution < -0.4 is 5.73 Å². The number of hydrogen-bond acceptors (Lipinski definition) is 1. The Morgan fingerprint density at radius 3 is 1.43 bits per heavy atom. The highest BCUT2D eigenvalue weighted by Gasteiger charge is 1.61. The van der Waals surface area contributed by atoms with Gasteiger partial charge in [0.15, 0.2) is 0 Å². The van der Waals surface area contributed by atoms with Crippen LogP contribution in [-0.2, 0) is 4.79 Å². The lowest BCUT2D eigenvalue weighted by atomic mass is 10.8. The van der Waals surface area contributed by atoms with Crippen molar-refractivity contribution in [1.29, 1.82) is 0 Å². The average molecular weight is 100.0 g/mol. The van der Waals surface area contributed by atoms with E-state index in [-0.39, 0.29) is 14.3 Å². The zero-order chi connectivity index (χ0) is 5.58. The third-order valence-corrected chi connectivity index (χ3v) is 0. The van der Waals surface area contributed by atoms with Crippen molar-refractivity contribution in [2.24, 2.45) is 5.73 Å². The summed E-state index contributed by atoms with van der Waals surface area (Å²) in [5.74, 6) is -0.333. The van der Waals surface area contributed by atoms with E-state index in [1.165, 1.54) is 6.92 Å². The van der Waals surface area contributed by atoms with E-state index in [2.05, 4.69) is 5.73 Å². The van der Waals surface area contributed by atoms with Crippen LogP contribution in [0.15, 0.2) is 0 Å². The molecule has 0 heterocycles. The number of nitrogens with two attached hydrogens (primary N) is 1. The van der Waals surface area contributed by atoms with Crippen LogP contribution in [0.1, 0.15) is 20.8 Å². The maximum absolute atomic E-state index is 9.22. The van der Waals surface area contributed by atoms with Crippen molar-refractivity contribution in [3.8, 4) is 0 Å². The fourth-order valence-electron chi connectivity index (χ4n) is 0. The van der Waals surface area contributed by atoms with Gasteiger partial charge in [-0.2, -0.15) is 0 Å². The van der Waals surface area contributed by atoms with Gasteiger partial charge >= 0.3 is 0 Å². The zero-order valence-electron chi connectivity index (χ0n) is 5.06. The molecule has 0 bridgehead atoms. The molecule has 7 heavy (non-hydrogen) atoms. The Morgan fingerprint density at radius 1 is 1.43 bits per heavy atom. The Hall–Kier alpha value is -0.465. The minimum Gasteiger partial charge on any atom is -0.370 e. The second-order valence-corrected chi connectivity index (χ2v) is 0.611. The molecule has 0 aromatic heterocycles. The molecule has 3 heteroatoms. The summed E-state index contributed by atoms with van der Waals surface area (Å²) in [6.45, 7) is 5.31. The molecule has 41 valence electrons. The largest absolute Gasteiger partial charge is 0.370 e. The lowest BCUT2D eigenvalue weighted by Crippen LogP contribution is -2.01. The van der Waals surface area contributed by atoms with Crippen molar-refractivity contribution >= 4 is 14.3 Å². The molecule has 0 saturated carbocycles. The van der Waals surface area contributed by atoms with Crippen LogP contribution in [0, 0.1) is 0 Å². The summed E-state index contributed by atoms with van der Waals surface area (Å²) in [5, 5.41) is 0. The van der Waals surface area contributed by atoms with Crippen molar-refractivity contribution in [2.75, 3.05) is 0 Å². The lowest BCUT2D eigenvalue weighted by molar-refractivity contribution is -0.115. The van der Waals surface area contributed by atoms with Crippen LogP contribution in [0.4, 0.5) is 0 Å². The van der Waals surface area contributed by atoms with Gasteiger partial charge in [-0.25, -0.2) is 0 Å². The lowest BCUT2D eigenvalue weighted by Gasteiger charge is -1.60. The van der Waals surface area contributed by atoms with Gasteiger partial charge in [0.1, 0.15) is 0 Å². The van der Waals surface area contributed by atoms with E-state index in [1.807, 2.05) is 13.8 Å². The quantitative estimate of drug-likeness (QED) is 0.432. The number of hydrogen-bond donors (Lipinski definition) is 1. The number of amides is 1. The second-order valence-electron chi connectivity index (χ2n) is 0.611. The molecule has 3 radical (unpaired) electrons. The molecule has 0 fully saturated rings. The molecular weight excluding hydrogens is 88.9 g/mol. The van der Waals surface area contributed by atoms with Gasteiger partial charge in [0.2, 0.25) is 5.91 Å². The van der Waals surface area contributed by atoms with Gasteiger partial charge in [-0.05, 0) is 0 Å². The first-order valence-corrected chi connectivity index (χ1v) is 1.99. The number of rotatable bonds is 0. The molecular formula is C4H11BNO. The molecule has 0 spiro atoms. The number of carbonyl (C=O) groups excluding carboxylic acids is 1. The molecule has 0 rings (SSSR count). The van der Waals surface area contributed by atoms with Gasteiger partial charge in [0, 0.05) is 15.3 Å². The molecule has 0 unspecified atom stereocenters. The fourth-order valence-corrected chi connectivity index (χ4v) is 0. The van der Waals surface area contributed by atoms with Crippen molar-refractivity contribution in [3.05, 3.63) is 0 Å². The van der Waals surface area contributed by atoms with E-state index in [0.29, 0.717) is 0 Å². The zero-order valence-corrected chi connectivity index (χ0v) is 5.06. The molecule has 0 aliphatic carbocycles.